The van der Waals surface area contributed by atoms with E-state index in [1.54, 1.807) is 0 Å². The molecule has 31 heavy (non-hydrogen) atoms. The highest BCUT2D eigenvalue weighted by Crippen LogP contribution is 2.34. The summed E-state index contributed by atoms with van der Waals surface area (Å²) in [6.07, 6.45) is 4.23. The van der Waals surface area contributed by atoms with Crippen molar-refractivity contribution in [2.75, 3.05) is 65.4 Å². The molecule has 1 aromatic rings. The van der Waals surface area contributed by atoms with Gasteiger partial charge >= 0.3 is 0 Å². The van der Waals surface area contributed by atoms with Crippen LogP contribution in [0.25, 0.3) is 0 Å². The van der Waals surface area contributed by atoms with Crippen LogP contribution < -0.4 is 10.6 Å². The monoisotopic (exact) mass is 566 g/mol. The molecule has 0 radical (unpaired) electrons. The molecule has 1 atom stereocenters. The van der Waals surface area contributed by atoms with Crippen molar-refractivity contribution >= 4 is 41.7 Å². The first-order chi connectivity index (χ1) is 14.7. The average molecular weight is 567 g/mol. The van der Waals surface area contributed by atoms with Crippen LogP contribution in [0.3, 0.4) is 0 Å². The molecule has 1 aromatic carbocycles. The Balaban J connectivity index is 0.00000341. The van der Waals surface area contributed by atoms with E-state index in [2.05, 4.69) is 28.7 Å². The van der Waals surface area contributed by atoms with Gasteiger partial charge in [-0.1, -0.05) is 12.1 Å². The Bertz CT molecular complexity index is 668. The van der Waals surface area contributed by atoms with Gasteiger partial charge in [0.1, 0.15) is 5.82 Å². The lowest BCUT2D eigenvalue weighted by Crippen LogP contribution is -2.47. The molecule has 9 heteroatoms. The van der Waals surface area contributed by atoms with Crippen molar-refractivity contribution in [2.24, 2.45) is 4.99 Å². The Kier molecular flexibility index (Phi) is 11.9. The first-order valence-corrected chi connectivity index (χ1v) is 12.1. The summed E-state index contributed by atoms with van der Waals surface area (Å²) < 4.78 is 24.7. The fourth-order valence-electron chi connectivity index (χ4n) is 3.96. The summed E-state index contributed by atoms with van der Waals surface area (Å²) in [5.74, 6) is 0.624. The van der Waals surface area contributed by atoms with Gasteiger partial charge in [0.05, 0.1) is 25.8 Å². The van der Waals surface area contributed by atoms with E-state index < -0.39 is 0 Å². The molecule has 2 heterocycles. The van der Waals surface area contributed by atoms with E-state index >= 15 is 0 Å². The molecule has 0 spiro atoms. The van der Waals surface area contributed by atoms with Crippen molar-refractivity contribution in [2.45, 2.75) is 30.6 Å². The molecule has 0 bridgehead atoms. The Labute approximate surface area is 207 Å². The first-order valence-electron chi connectivity index (χ1n) is 10.9. The van der Waals surface area contributed by atoms with Gasteiger partial charge in [-0.25, -0.2) is 4.39 Å². The SMILES string of the molecule is CCNC(=NCC1(SC)CCOCC1)NCC(c1ccc(F)cc1)N1CCOCC1.I. The van der Waals surface area contributed by atoms with Crippen LogP contribution in [-0.2, 0) is 9.47 Å². The highest BCUT2D eigenvalue weighted by Gasteiger charge is 2.31. The predicted molar refractivity (Wildman–Crippen MR) is 137 cm³/mol. The summed E-state index contributed by atoms with van der Waals surface area (Å²) in [5.41, 5.74) is 1.10. The Morgan fingerprint density at radius 2 is 1.77 bits per heavy atom. The summed E-state index contributed by atoms with van der Waals surface area (Å²) in [4.78, 5) is 7.32. The van der Waals surface area contributed by atoms with E-state index in [4.69, 9.17) is 14.5 Å². The number of halogens is 2. The highest BCUT2D eigenvalue weighted by atomic mass is 127. The van der Waals surface area contributed by atoms with Gasteiger partial charge in [-0.2, -0.15) is 11.8 Å². The number of nitrogens with one attached hydrogen (secondary N) is 2. The summed E-state index contributed by atoms with van der Waals surface area (Å²) >= 11 is 1.90. The zero-order valence-corrected chi connectivity index (χ0v) is 21.7. The van der Waals surface area contributed by atoms with Crippen LogP contribution in [0.5, 0.6) is 0 Å². The van der Waals surface area contributed by atoms with Crippen LogP contribution in [0, 0.1) is 5.82 Å². The number of ether oxygens (including phenoxy) is 2. The lowest BCUT2D eigenvalue weighted by molar-refractivity contribution is 0.0170. The molecule has 2 aliphatic rings. The van der Waals surface area contributed by atoms with Crippen molar-refractivity contribution < 1.29 is 13.9 Å². The van der Waals surface area contributed by atoms with Gasteiger partial charge in [0, 0.05) is 44.1 Å². The molecule has 2 fully saturated rings. The van der Waals surface area contributed by atoms with Crippen LogP contribution >= 0.6 is 35.7 Å². The van der Waals surface area contributed by atoms with Crippen LogP contribution in [0.2, 0.25) is 0 Å². The molecule has 2 saturated heterocycles. The number of hydrogen-bond acceptors (Lipinski definition) is 5. The quantitative estimate of drug-likeness (QED) is 0.286. The van der Waals surface area contributed by atoms with Gasteiger partial charge < -0.3 is 20.1 Å². The maximum absolute atomic E-state index is 13.5. The number of aliphatic imine (C=N–C) groups is 1. The number of morpholine rings is 1. The van der Waals surface area contributed by atoms with E-state index in [0.29, 0.717) is 6.54 Å². The topological polar surface area (TPSA) is 58.1 Å². The lowest BCUT2D eigenvalue weighted by atomic mass is 9.99. The largest absolute Gasteiger partial charge is 0.381 e. The van der Waals surface area contributed by atoms with Crippen molar-refractivity contribution in [1.82, 2.24) is 15.5 Å². The lowest BCUT2D eigenvalue weighted by Gasteiger charge is -2.36. The molecule has 2 aliphatic heterocycles. The molecule has 0 aliphatic carbocycles. The van der Waals surface area contributed by atoms with Gasteiger partial charge in [-0.05, 0) is 43.7 Å². The van der Waals surface area contributed by atoms with Crippen molar-refractivity contribution in [3.8, 4) is 0 Å². The Hall–Kier alpha value is -0.620. The molecule has 176 valence electrons. The third kappa shape index (κ3) is 8.03. The van der Waals surface area contributed by atoms with E-state index in [1.807, 2.05) is 23.9 Å². The molecular formula is C22H36FIN4O2S. The van der Waals surface area contributed by atoms with Crippen LogP contribution in [-0.4, -0.2) is 81.0 Å². The van der Waals surface area contributed by atoms with Crippen LogP contribution in [0.15, 0.2) is 29.3 Å². The van der Waals surface area contributed by atoms with Crippen molar-refractivity contribution in [1.29, 1.82) is 0 Å². The number of benzene rings is 1. The molecule has 0 amide bonds. The standard InChI is InChI=1S/C22H35FN4O2S.HI/c1-3-24-21(26-17-22(30-2)8-12-28-13-9-22)25-16-20(27-10-14-29-15-11-27)18-4-6-19(23)7-5-18;/h4-7,20H,3,8-17H2,1-2H3,(H2,24,25,26);1H. The van der Waals surface area contributed by atoms with Crippen molar-refractivity contribution in [3.63, 3.8) is 0 Å². The summed E-state index contributed by atoms with van der Waals surface area (Å²) in [6, 6.07) is 6.97. The predicted octanol–water partition coefficient (Wildman–Crippen LogP) is 3.28. The fourth-order valence-corrected chi connectivity index (χ4v) is 4.73. The van der Waals surface area contributed by atoms with E-state index in [9.17, 15) is 4.39 Å². The summed E-state index contributed by atoms with van der Waals surface area (Å²) in [7, 11) is 0. The van der Waals surface area contributed by atoms with E-state index in [1.165, 1.54) is 12.1 Å². The van der Waals surface area contributed by atoms with Gasteiger partial charge in [0.2, 0.25) is 0 Å². The van der Waals surface area contributed by atoms with Crippen LogP contribution in [0.4, 0.5) is 4.39 Å². The van der Waals surface area contributed by atoms with E-state index in [0.717, 1.165) is 77.0 Å². The van der Waals surface area contributed by atoms with Crippen molar-refractivity contribution in [3.05, 3.63) is 35.6 Å². The Morgan fingerprint density at radius 3 is 2.39 bits per heavy atom. The second-order valence-corrected chi connectivity index (χ2v) is 9.07. The normalized spacial score (nSPS) is 20.5. The number of nitrogens with zero attached hydrogens (tertiary/aromatic N) is 2. The number of guanidine groups is 1. The maximum atomic E-state index is 13.5. The first kappa shape index (κ1) is 26.6. The maximum Gasteiger partial charge on any atom is 0.191 e. The second kappa shape index (κ2) is 13.8. The second-order valence-electron chi connectivity index (χ2n) is 7.79. The minimum atomic E-state index is -0.207. The van der Waals surface area contributed by atoms with Gasteiger partial charge in [0.15, 0.2) is 5.96 Å². The minimum Gasteiger partial charge on any atom is -0.381 e. The van der Waals surface area contributed by atoms with Gasteiger partial charge in [-0.3, -0.25) is 9.89 Å². The van der Waals surface area contributed by atoms with Gasteiger partial charge in [-0.15, -0.1) is 24.0 Å². The zero-order valence-electron chi connectivity index (χ0n) is 18.6. The molecule has 0 aromatic heterocycles. The van der Waals surface area contributed by atoms with E-state index in [-0.39, 0.29) is 40.6 Å². The molecule has 0 saturated carbocycles. The smallest absolute Gasteiger partial charge is 0.191 e. The zero-order chi connectivity index (χ0) is 21.2. The minimum absolute atomic E-state index is 0. The van der Waals surface area contributed by atoms with Crippen LogP contribution in [0.1, 0.15) is 31.4 Å². The average Bonchev–Trinajstić information content (AvgIpc) is 2.80. The third-order valence-corrected chi connectivity index (χ3v) is 7.31. The third-order valence-electron chi connectivity index (χ3n) is 5.91. The summed E-state index contributed by atoms with van der Waals surface area (Å²) in [6.45, 7) is 9.16. The molecular weight excluding hydrogens is 530 g/mol. The highest BCUT2D eigenvalue weighted by molar-refractivity contribution is 14.0. The molecule has 6 nitrogen and oxygen atoms in total. The molecule has 2 N–H and O–H groups in total. The number of hydrogen-bond donors (Lipinski definition) is 2. The number of rotatable bonds is 8. The fraction of sp³-hybridized carbons (Fsp3) is 0.682. The molecule has 1 unspecified atom stereocenters. The molecule has 3 rings (SSSR count). The summed E-state index contributed by atoms with van der Waals surface area (Å²) in [5, 5.41) is 6.91. The number of thioether (sulfide) groups is 1. The Morgan fingerprint density at radius 1 is 1.13 bits per heavy atom. The van der Waals surface area contributed by atoms with Gasteiger partial charge in [0.25, 0.3) is 0 Å².